The van der Waals surface area contributed by atoms with Crippen LogP contribution >= 0.6 is 0 Å². The van der Waals surface area contributed by atoms with E-state index in [2.05, 4.69) is 6.42 Å². The topological polar surface area (TPSA) is 0 Å². The van der Waals surface area contributed by atoms with Crippen LogP contribution in [0.15, 0.2) is 11.1 Å². The van der Waals surface area contributed by atoms with Crippen molar-refractivity contribution in [2.24, 2.45) is 0 Å². The quantitative estimate of drug-likeness (QED) is 0.478. The van der Waals surface area contributed by atoms with Crippen molar-refractivity contribution in [3.63, 3.8) is 0 Å². The summed E-state index contributed by atoms with van der Waals surface area (Å²) >= 11 is 0. The Labute approximate surface area is 63.3 Å². The molecule has 0 aromatic rings. The largest absolute Gasteiger partial charge is 0.0707 e. The van der Waals surface area contributed by atoms with E-state index in [1.165, 1.54) is 44.9 Å². The van der Waals surface area contributed by atoms with Gasteiger partial charge in [0.1, 0.15) is 0 Å². The van der Waals surface area contributed by atoms with Gasteiger partial charge in [0.05, 0.1) is 0 Å². The van der Waals surface area contributed by atoms with Gasteiger partial charge in [0, 0.05) is 0 Å². The van der Waals surface area contributed by atoms with Crippen LogP contribution in [0.25, 0.3) is 0 Å². The zero-order valence-electron chi connectivity index (χ0n) is 6.53. The molecule has 0 aromatic heterocycles. The molecule has 0 aliphatic heterocycles. The van der Waals surface area contributed by atoms with Gasteiger partial charge in [-0.3, -0.25) is 0 Å². The maximum Gasteiger partial charge on any atom is -0.0135 e. The molecule has 0 amide bonds. The molecule has 0 spiro atoms. The minimum Gasteiger partial charge on any atom is -0.0707 e. The molecule has 10 heavy (non-hydrogen) atoms. The summed E-state index contributed by atoms with van der Waals surface area (Å²) < 4.78 is 0. The molecule has 1 radical (unpaired) electrons. The lowest BCUT2D eigenvalue weighted by molar-refractivity contribution is 0.886. The Kier molecular flexibility index (Phi) is 1.79. The Hall–Kier alpha value is -0.260. The maximum absolute atomic E-state index is 2.46. The van der Waals surface area contributed by atoms with Crippen LogP contribution in [0.4, 0.5) is 0 Å². The molecule has 2 rings (SSSR count). The number of hydrogen-bond acceptors (Lipinski definition) is 0. The first-order valence-corrected chi connectivity index (χ1v) is 4.51. The van der Waals surface area contributed by atoms with Crippen LogP contribution in [-0.4, -0.2) is 0 Å². The van der Waals surface area contributed by atoms with E-state index in [0.717, 1.165) is 0 Å². The smallest absolute Gasteiger partial charge is 0.0135 e. The van der Waals surface area contributed by atoms with Gasteiger partial charge in [-0.1, -0.05) is 11.1 Å². The fraction of sp³-hybridized carbons (Fsp3) is 0.700. The summed E-state index contributed by atoms with van der Waals surface area (Å²) in [6.07, 6.45) is 12.3. The van der Waals surface area contributed by atoms with Gasteiger partial charge >= 0.3 is 0 Å². The predicted octanol–water partition coefficient (Wildman–Crippen LogP) is 3.25. The van der Waals surface area contributed by atoms with Crippen LogP contribution in [-0.2, 0) is 0 Å². The number of rotatable bonds is 0. The van der Waals surface area contributed by atoms with Crippen molar-refractivity contribution in [2.45, 2.75) is 44.9 Å². The maximum atomic E-state index is 2.46. The molecule has 0 saturated heterocycles. The van der Waals surface area contributed by atoms with E-state index in [1.54, 1.807) is 11.1 Å². The fourth-order valence-electron chi connectivity index (χ4n) is 2.11. The Morgan fingerprint density at radius 3 is 2.30 bits per heavy atom. The molecule has 2 aliphatic rings. The molecule has 0 N–H and O–H groups in total. The van der Waals surface area contributed by atoms with Crippen molar-refractivity contribution in [1.29, 1.82) is 0 Å². The molecule has 55 valence electrons. The van der Waals surface area contributed by atoms with Gasteiger partial charge in [0.2, 0.25) is 0 Å². The van der Waals surface area contributed by atoms with E-state index in [9.17, 15) is 0 Å². The monoisotopic (exact) mass is 135 g/mol. The third-order valence-electron chi connectivity index (χ3n) is 2.70. The lowest BCUT2D eigenvalue weighted by Crippen LogP contribution is -1.81. The van der Waals surface area contributed by atoms with E-state index in [4.69, 9.17) is 0 Å². The average Bonchev–Trinajstić information content (AvgIpc) is 2.59. The van der Waals surface area contributed by atoms with Crippen molar-refractivity contribution in [1.82, 2.24) is 0 Å². The summed E-state index contributed by atoms with van der Waals surface area (Å²) in [4.78, 5) is 0. The summed E-state index contributed by atoms with van der Waals surface area (Å²) in [7, 11) is 0. The molecule has 0 bridgehead atoms. The minimum atomic E-state index is 1.35. The summed E-state index contributed by atoms with van der Waals surface area (Å²) in [5.74, 6) is 0. The third kappa shape index (κ3) is 1.12. The van der Waals surface area contributed by atoms with Gasteiger partial charge in [-0.25, -0.2) is 0 Å². The van der Waals surface area contributed by atoms with Crippen LogP contribution in [0.2, 0.25) is 0 Å². The summed E-state index contributed by atoms with van der Waals surface area (Å²) in [6, 6.07) is 0. The molecule has 0 heteroatoms. The predicted molar refractivity (Wildman–Crippen MR) is 43.6 cm³/mol. The van der Waals surface area contributed by atoms with Crippen LogP contribution in [0.3, 0.4) is 0 Å². The molecular formula is C10H15. The standard InChI is InChI=1S/C10H15/c1-2-6-9(5-1)10-7-3-4-8-10/h5H,1-4,6-8H2. The lowest BCUT2D eigenvalue weighted by atomic mass is 10.1. The summed E-state index contributed by atoms with van der Waals surface area (Å²) in [6.45, 7) is 0. The highest BCUT2D eigenvalue weighted by atomic mass is 14.2. The van der Waals surface area contributed by atoms with Crippen LogP contribution in [0.5, 0.6) is 0 Å². The number of allylic oxidation sites excluding steroid dienone is 2. The van der Waals surface area contributed by atoms with E-state index < -0.39 is 0 Å². The van der Waals surface area contributed by atoms with Gasteiger partial charge in [-0.2, -0.15) is 0 Å². The van der Waals surface area contributed by atoms with Crippen molar-refractivity contribution in [2.75, 3.05) is 0 Å². The Morgan fingerprint density at radius 2 is 1.70 bits per heavy atom. The first-order valence-electron chi connectivity index (χ1n) is 4.51. The van der Waals surface area contributed by atoms with Gasteiger partial charge in [0.15, 0.2) is 0 Å². The van der Waals surface area contributed by atoms with Crippen molar-refractivity contribution >= 4 is 0 Å². The lowest BCUT2D eigenvalue weighted by Gasteiger charge is -2.00. The first kappa shape index (κ1) is 6.45. The molecule has 0 unspecified atom stereocenters. The molecule has 2 saturated carbocycles. The molecule has 0 aromatic carbocycles. The molecule has 2 aliphatic carbocycles. The van der Waals surface area contributed by atoms with Gasteiger partial charge < -0.3 is 0 Å². The first-order chi connectivity index (χ1) is 4.97. The normalized spacial score (nSPS) is 26.4. The molecule has 0 heterocycles. The summed E-state index contributed by atoms with van der Waals surface area (Å²) in [5.41, 5.74) is 3.51. The molecular weight excluding hydrogens is 120 g/mol. The van der Waals surface area contributed by atoms with Crippen molar-refractivity contribution in [3.8, 4) is 0 Å². The number of hydrogen-bond donors (Lipinski definition) is 0. The SMILES string of the molecule is [CH]1CCCC1=C1CCCC1. The van der Waals surface area contributed by atoms with Gasteiger partial charge in [0.25, 0.3) is 0 Å². The Balaban J connectivity index is 2.10. The van der Waals surface area contributed by atoms with Crippen LogP contribution < -0.4 is 0 Å². The molecule has 2 fully saturated rings. The second-order valence-corrected chi connectivity index (χ2v) is 3.43. The highest BCUT2D eigenvalue weighted by molar-refractivity contribution is 5.26. The highest BCUT2D eigenvalue weighted by Crippen LogP contribution is 2.34. The Morgan fingerprint density at radius 1 is 0.900 bits per heavy atom. The van der Waals surface area contributed by atoms with Crippen molar-refractivity contribution in [3.05, 3.63) is 17.6 Å². The fourth-order valence-corrected chi connectivity index (χ4v) is 2.11. The second-order valence-electron chi connectivity index (χ2n) is 3.43. The Bertz CT molecular complexity index is 119. The van der Waals surface area contributed by atoms with E-state index in [0.29, 0.717) is 0 Å². The van der Waals surface area contributed by atoms with Crippen molar-refractivity contribution < 1.29 is 0 Å². The average molecular weight is 135 g/mol. The third-order valence-corrected chi connectivity index (χ3v) is 2.70. The van der Waals surface area contributed by atoms with Crippen LogP contribution in [0, 0.1) is 6.42 Å². The van der Waals surface area contributed by atoms with E-state index in [-0.39, 0.29) is 0 Å². The highest BCUT2D eigenvalue weighted by Gasteiger charge is 2.15. The van der Waals surface area contributed by atoms with Gasteiger partial charge in [-0.05, 0) is 51.4 Å². The molecule has 0 nitrogen and oxygen atoms in total. The van der Waals surface area contributed by atoms with E-state index in [1.807, 2.05) is 0 Å². The minimum absolute atomic E-state index is 1.35. The van der Waals surface area contributed by atoms with E-state index >= 15 is 0 Å². The molecule has 0 atom stereocenters. The van der Waals surface area contributed by atoms with Crippen LogP contribution in [0.1, 0.15) is 44.9 Å². The zero-order valence-corrected chi connectivity index (χ0v) is 6.53. The van der Waals surface area contributed by atoms with Gasteiger partial charge in [-0.15, -0.1) is 0 Å². The zero-order chi connectivity index (χ0) is 6.81. The summed E-state index contributed by atoms with van der Waals surface area (Å²) in [5, 5.41) is 0. The second kappa shape index (κ2) is 2.77.